The van der Waals surface area contributed by atoms with E-state index in [1.165, 1.54) is 0 Å². The molecule has 4 nitrogen and oxygen atoms in total. The van der Waals surface area contributed by atoms with Gasteiger partial charge in [0.25, 0.3) is 0 Å². The summed E-state index contributed by atoms with van der Waals surface area (Å²) in [5.74, 6) is 2.65. The Hall–Kier alpha value is -1.46. The first kappa shape index (κ1) is 15.6. The third kappa shape index (κ3) is 6.88. The molecular weight excluding hydrogens is 260 g/mol. The molecule has 0 aliphatic carbocycles. The lowest BCUT2D eigenvalue weighted by molar-refractivity contribution is -0.115. The predicted molar refractivity (Wildman–Crippen MR) is 82.0 cm³/mol. The smallest absolute Gasteiger partial charge is 0.238 e. The van der Waals surface area contributed by atoms with Gasteiger partial charge in [-0.1, -0.05) is 6.08 Å². The molecule has 19 heavy (non-hydrogen) atoms. The molecule has 0 bridgehead atoms. The van der Waals surface area contributed by atoms with E-state index in [4.69, 9.17) is 4.74 Å². The summed E-state index contributed by atoms with van der Waals surface area (Å²) in [6.07, 6.45) is 1.88. The Kier molecular flexibility index (Phi) is 7.77. The fourth-order valence-electron chi connectivity index (χ4n) is 1.39. The highest BCUT2D eigenvalue weighted by Gasteiger charge is 2.01. The molecule has 0 saturated heterocycles. The average molecular weight is 280 g/mol. The Morgan fingerprint density at radius 2 is 2.16 bits per heavy atom. The molecule has 5 heteroatoms. The van der Waals surface area contributed by atoms with Crippen LogP contribution in [-0.2, 0) is 4.79 Å². The molecule has 0 heterocycles. The molecule has 1 amide bonds. The maximum Gasteiger partial charge on any atom is 0.238 e. The van der Waals surface area contributed by atoms with Crippen LogP contribution < -0.4 is 15.4 Å². The summed E-state index contributed by atoms with van der Waals surface area (Å²) in [7, 11) is 1.61. The van der Waals surface area contributed by atoms with Gasteiger partial charge in [-0.05, 0) is 24.3 Å². The van der Waals surface area contributed by atoms with Crippen LogP contribution >= 0.6 is 11.8 Å². The molecule has 0 aliphatic rings. The lowest BCUT2D eigenvalue weighted by Gasteiger charge is -2.07. The van der Waals surface area contributed by atoms with Gasteiger partial charge in [0.1, 0.15) is 5.75 Å². The Morgan fingerprint density at radius 1 is 1.42 bits per heavy atom. The molecule has 0 radical (unpaired) electrons. The highest BCUT2D eigenvalue weighted by Crippen LogP contribution is 2.14. The number of carbonyl (C=O) groups excluding carboxylic acids is 1. The number of ether oxygens (including phenoxy) is 1. The molecule has 0 unspecified atom stereocenters. The van der Waals surface area contributed by atoms with Crippen molar-refractivity contribution in [2.24, 2.45) is 0 Å². The first-order valence-corrected chi connectivity index (χ1v) is 7.25. The third-order valence-electron chi connectivity index (χ3n) is 2.32. The maximum atomic E-state index is 11.6. The van der Waals surface area contributed by atoms with E-state index < -0.39 is 0 Å². The van der Waals surface area contributed by atoms with Crippen LogP contribution in [0, 0.1) is 0 Å². The summed E-state index contributed by atoms with van der Waals surface area (Å²) >= 11 is 1.79. The Labute approximate surface area is 118 Å². The minimum absolute atomic E-state index is 0.0427. The summed E-state index contributed by atoms with van der Waals surface area (Å²) in [6, 6.07) is 7.26. The van der Waals surface area contributed by atoms with Gasteiger partial charge in [0.15, 0.2) is 0 Å². The molecule has 0 aliphatic heterocycles. The minimum atomic E-state index is -0.0427. The van der Waals surface area contributed by atoms with Crippen LogP contribution in [0.2, 0.25) is 0 Å². The van der Waals surface area contributed by atoms with E-state index in [1.54, 1.807) is 18.9 Å². The zero-order valence-corrected chi connectivity index (χ0v) is 12.0. The van der Waals surface area contributed by atoms with Gasteiger partial charge < -0.3 is 15.4 Å². The van der Waals surface area contributed by atoms with E-state index in [0.717, 1.165) is 29.5 Å². The van der Waals surface area contributed by atoms with Crippen molar-refractivity contribution in [2.75, 3.05) is 37.0 Å². The van der Waals surface area contributed by atoms with Gasteiger partial charge in [-0.2, -0.15) is 11.8 Å². The van der Waals surface area contributed by atoms with E-state index >= 15 is 0 Å². The molecule has 104 valence electrons. The fraction of sp³-hybridized carbons (Fsp3) is 0.357. The first-order chi connectivity index (χ1) is 9.26. The second-order valence-corrected chi connectivity index (χ2v) is 4.97. The second kappa shape index (κ2) is 9.47. The number of thioether (sulfide) groups is 1. The van der Waals surface area contributed by atoms with Crippen molar-refractivity contribution in [1.29, 1.82) is 0 Å². The quantitative estimate of drug-likeness (QED) is 0.537. The molecule has 0 atom stereocenters. The van der Waals surface area contributed by atoms with E-state index in [2.05, 4.69) is 17.2 Å². The monoisotopic (exact) mass is 280 g/mol. The summed E-state index contributed by atoms with van der Waals surface area (Å²) in [5, 5.41) is 5.91. The molecule has 1 rings (SSSR count). The number of benzene rings is 1. The standard InChI is InChI=1S/C14H20N2O2S/c1-3-9-19-10-8-15-11-14(17)16-12-4-6-13(18-2)7-5-12/h3-7,15H,1,8-11H2,2H3,(H,16,17). The zero-order chi connectivity index (χ0) is 13.9. The van der Waals surface area contributed by atoms with Crippen molar-refractivity contribution in [3.8, 4) is 5.75 Å². The van der Waals surface area contributed by atoms with Crippen molar-refractivity contribution < 1.29 is 9.53 Å². The number of hydrogen-bond acceptors (Lipinski definition) is 4. The highest BCUT2D eigenvalue weighted by molar-refractivity contribution is 7.99. The van der Waals surface area contributed by atoms with Gasteiger partial charge >= 0.3 is 0 Å². The van der Waals surface area contributed by atoms with Crippen LogP contribution in [0.3, 0.4) is 0 Å². The first-order valence-electron chi connectivity index (χ1n) is 6.09. The largest absolute Gasteiger partial charge is 0.497 e. The normalized spacial score (nSPS) is 9.95. The minimum Gasteiger partial charge on any atom is -0.497 e. The van der Waals surface area contributed by atoms with Gasteiger partial charge in [-0.3, -0.25) is 4.79 Å². The summed E-state index contributed by atoms with van der Waals surface area (Å²) < 4.78 is 5.05. The van der Waals surface area contributed by atoms with Crippen molar-refractivity contribution in [2.45, 2.75) is 0 Å². The van der Waals surface area contributed by atoms with Gasteiger partial charge in [0, 0.05) is 23.7 Å². The van der Waals surface area contributed by atoms with Crippen LogP contribution in [0.25, 0.3) is 0 Å². The number of methoxy groups -OCH3 is 1. The van der Waals surface area contributed by atoms with Crippen LogP contribution in [0.4, 0.5) is 5.69 Å². The van der Waals surface area contributed by atoms with Crippen molar-refractivity contribution >= 4 is 23.4 Å². The Morgan fingerprint density at radius 3 is 2.79 bits per heavy atom. The molecule has 1 aromatic rings. The number of nitrogens with one attached hydrogen (secondary N) is 2. The van der Waals surface area contributed by atoms with Gasteiger partial charge in [-0.25, -0.2) is 0 Å². The van der Waals surface area contributed by atoms with Crippen LogP contribution in [0.15, 0.2) is 36.9 Å². The van der Waals surface area contributed by atoms with Crippen LogP contribution in [0.5, 0.6) is 5.75 Å². The number of carbonyl (C=O) groups is 1. The van der Waals surface area contributed by atoms with Gasteiger partial charge in [0.05, 0.1) is 13.7 Å². The van der Waals surface area contributed by atoms with E-state index in [-0.39, 0.29) is 5.91 Å². The number of anilines is 1. The molecule has 0 spiro atoms. The lowest BCUT2D eigenvalue weighted by atomic mass is 10.3. The molecule has 0 aromatic heterocycles. The number of amides is 1. The third-order valence-corrected chi connectivity index (χ3v) is 3.28. The zero-order valence-electron chi connectivity index (χ0n) is 11.1. The van der Waals surface area contributed by atoms with E-state index in [0.29, 0.717) is 6.54 Å². The average Bonchev–Trinajstić information content (AvgIpc) is 2.43. The van der Waals surface area contributed by atoms with E-state index in [1.807, 2.05) is 30.3 Å². The number of rotatable bonds is 9. The summed E-state index contributed by atoms with van der Waals surface area (Å²) in [6.45, 7) is 4.79. The van der Waals surface area contributed by atoms with Crippen LogP contribution in [0.1, 0.15) is 0 Å². The molecule has 2 N–H and O–H groups in total. The molecule has 0 fully saturated rings. The Bertz CT molecular complexity index is 393. The van der Waals surface area contributed by atoms with Gasteiger partial charge in [0.2, 0.25) is 5.91 Å². The van der Waals surface area contributed by atoms with Gasteiger partial charge in [-0.15, -0.1) is 6.58 Å². The molecule has 0 saturated carbocycles. The predicted octanol–water partition coefficient (Wildman–Crippen LogP) is 2.14. The Balaban J connectivity index is 2.17. The number of hydrogen-bond donors (Lipinski definition) is 2. The summed E-state index contributed by atoms with van der Waals surface area (Å²) in [5.41, 5.74) is 0.772. The van der Waals surface area contributed by atoms with Crippen molar-refractivity contribution in [3.05, 3.63) is 36.9 Å². The van der Waals surface area contributed by atoms with E-state index in [9.17, 15) is 4.79 Å². The van der Waals surface area contributed by atoms with Crippen molar-refractivity contribution in [1.82, 2.24) is 5.32 Å². The SMILES string of the molecule is C=CCSCCNCC(=O)Nc1ccc(OC)cc1. The van der Waals surface area contributed by atoms with Crippen LogP contribution in [-0.4, -0.2) is 37.6 Å². The summed E-state index contributed by atoms with van der Waals surface area (Å²) in [4.78, 5) is 11.6. The maximum absolute atomic E-state index is 11.6. The molecular formula is C14H20N2O2S. The van der Waals surface area contributed by atoms with Crippen molar-refractivity contribution in [3.63, 3.8) is 0 Å². The molecule has 1 aromatic carbocycles. The fourth-order valence-corrected chi connectivity index (χ4v) is 2.01. The lowest BCUT2D eigenvalue weighted by Crippen LogP contribution is -2.29. The second-order valence-electron chi connectivity index (χ2n) is 3.82. The topological polar surface area (TPSA) is 50.4 Å². The highest BCUT2D eigenvalue weighted by atomic mass is 32.2.